The van der Waals surface area contributed by atoms with Gasteiger partial charge in [0.05, 0.1) is 5.56 Å². The molecule has 2 heterocycles. The number of rotatable bonds is 7. The molecule has 0 unspecified atom stereocenters. The molecular formula is C27H32FN3. The Kier molecular flexibility index (Phi) is 6.25. The predicted octanol–water partition coefficient (Wildman–Crippen LogP) is 5.94. The normalized spacial score (nSPS) is 21.8. The molecule has 0 aromatic heterocycles. The molecule has 1 aliphatic carbocycles. The summed E-state index contributed by atoms with van der Waals surface area (Å²) in [7, 11) is 0. The number of halogens is 1. The molecule has 0 N–H and O–H groups in total. The Labute approximate surface area is 185 Å². The first-order valence-corrected chi connectivity index (χ1v) is 11.5. The number of hydrogen-bond acceptors (Lipinski definition) is 3. The number of nitriles is 1. The topological polar surface area (TPSA) is 39.4 Å². The molecule has 4 rings (SSSR count). The zero-order chi connectivity index (χ0) is 22.0. The molecule has 3 nitrogen and oxygen atoms in total. The second-order valence-electron chi connectivity index (χ2n) is 9.46. The molecule has 1 aromatic carbocycles. The van der Waals surface area contributed by atoms with Gasteiger partial charge in [0.2, 0.25) is 0 Å². The highest BCUT2D eigenvalue weighted by atomic mass is 19.1. The van der Waals surface area contributed by atoms with Crippen molar-refractivity contribution in [3.05, 3.63) is 64.5 Å². The number of allylic oxidation sites excluding steroid dienone is 4. The van der Waals surface area contributed by atoms with E-state index in [1.807, 2.05) is 12.1 Å². The predicted molar refractivity (Wildman–Crippen MR) is 125 cm³/mol. The minimum absolute atomic E-state index is 0.121. The average molecular weight is 418 g/mol. The van der Waals surface area contributed by atoms with Gasteiger partial charge in [0.15, 0.2) is 0 Å². The van der Waals surface area contributed by atoms with Gasteiger partial charge in [-0.25, -0.2) is 4.39 Å². The first-order valence-electron chi connectivity index (χ1n) is 11.5. The maximum absolute atomic E-state index is 13.9. The van der Waals surface area contributed by atoms with Crippen LogP contribution in [0.4, 0.5) is 4.39 Å². The van der Waals surface area contributed by atoms with Crippen LogP contribution in [0.15, 0.2) is 52.6 Å². The van der Waals surface area contributed by atoms with E-state index in [9.17, 15) is 9.65 Å². The number of hydrogen-bond donors (Lipinski definition) is 0. The van der Waals surface area contributed by atoms with Gasteiger partial charge in [-0.2, -0.15) is 5.26 Å². The molecule has 1 saturated heterocycles. The lowest BCUT2D eigenvalue weighted by Gasteiger charge is -2.48. The van der Waals surface area contributed by atoms with Gasteiger partial charge in [0.1, 0.15) is 11.9 Å². The molecule has 0 atom stereocenters. The van der Waals surface area contributed by atoms with Crippen molar-refractivity contribution in [2.24, 2.45) is 16.3 Å². The Balaban J connectivity index is 1.60. The van der Waals surface area contributed by atoms with Crippen LogP contribution in [0.1, 0.15) is 57.6 Å². The van der Waals surface area contributed by atoms with E-state index in [4.69, 9.17) is 0 Å². The van der Waals surface area contributed by atoms with Crippen molar-refractivity contribution in [3.63, 3.8) is 0 Å². The molecule has 0 radical (unpaired) electrons. The van der Waals surface area contributed by atoms with Crippen LogP contribution in [0.2, 0.25) is 0 Å². The number of benzene rings is 1. The molecule has 0 amide bonds. The molecule has 1 aromatic rings. The first kappa shape index (κ1) is 21.7. The van der Waals surface area contributed by atoms with E-state index >= 15 is 0 Å². The smallest absolute Gasteiger partial charge is 0.140 e. The molecule has 3 aliphatic rings. The summed E-state index contributed by atoms with van der Waals surface area (Å²) in [6, 6.07) is 6.95. The lowest BCUT2D eigenvalue weighted by atomic mass is 9.77. The molecule has 0 bridgehead atoms. The van der Waals surface area contributed by atoms with Crippen molar-refractivity contribution in [2.75, 3.05) is 26.2 Å². The highest BCUT2D eigenvalue weighted by Crippen LogP contribution is 2.43. The van der Waals surface area contributed by atoms with Crippen molar-refractivity contribution in [1.29, 1.82) is 5.26 Å². The van der Waals surface area contributed by atoms with E-state index in [0.717, 1.165) is 44.6 Å². The molecule has 31 heavy (non-hydrogen) atoms. The van der Waals surface area contributed by atoms with E-state index < -0.39 is 5.82 Å². The van der Waals surface area contributed by atoms with E-state index in [2.05, 4.69) is 48.9 Å². The van der Waals surface area contributed by atoms with Gasteiger partial charge >= 0.3 is 0 Å². The van der Waals surface area contributed by atoms with Gasteiger partial charge in [0, 0.05) is 37.3 Å². The molecular weight excluding hydrogens is 385 g/mol. The van der Waals surface area contributed by atoms with Gasteiger partial charge in [0.25, 0.3) is 0 Å². The second kappa shape index (κ2) is 8.93. The highest BCUT2D eigenvalue weighted by Gasteiger charge is 2.45. The van der Waals surface area contributed by atoms with Crippen LogP contribution in [0.5, 0.6) is 0 Å². The zero-order valence-corrected chi connectivity index (χ0v) is 18.9. The van der Waals surface area contributed by atoms with Crippen LogP contribution in [0.3, 0.4) is 0 Å². The van der Waals surface area contributed by atoms with Crippen LogP contribution < -0.4 is 0 Å². The Morgan fingerprint density at radius 2 is 2.13 bits per heavy atom. The Morgan fingerprint density at radius 3 is 2.71 bits per heavy atom. The average Bonchev–Trinajstić information content (AvgIpc) is 3.50. The Morgan fingerprint density at radius 1 is 1.35 bits per heavy atom. The van der Waals surface area contributed by atoms with Crippen LogP contribution in [0.25, 0.3) is 5.57 Å². The molecule has 162 valence electrons. The maximum atomic E-state index is 13.9. The third kappa shape index (κ3) is 4.72. The van der Waals surface area contributed by atoms with Gasteiger partial charge in [-0.1, -0.05) is 31.2 Å². The van der Waals surface area contributed by atoms with Crippen LogP contribution in [-0.4, -0.2) is 36.8 Å². The third-order valence-corrected chi connectivity index (χ3v) is 6.72. The van der Waals surface area contributed by atoms with Crippen LogP contribution in [-0.2, 0) is 0 Å². The van der Waals surface area contributed by atoms with Crippen LogP contribution >= 0.6 is 0 Å². The Bertz CT molecular complexity index is 1010. The third-order valence-electron chi connectivity index (χ3n) is 6.72. The van der Waals surface area contributed by atoms with Crippen LogP contribution in [0, 0.1) is 28.5 Å². The lowest BCUT2D eigenvalue weighted by molar-refractivity contribution is 0.0288. The highest BCUT2D eigenvalue weighted by molar-refractivity contribution is 5.84. The van der Waals surface area contributed by atoms with E-state index in [0.29, 0.717) is 11.3 Å². The van der Waals surface area contributed by atoms with Gasteiger partial charge < -0.3 is 0 Å². The fourth-order valence-corrected chi connectivity index (χ4v) is 5.22. The van der Waals surface area contributed by atoms with Gasteiger partial charge in [-0.3, -0.25) is 9.89 Å². The standard InChI is InChI=1S/C27H32FN3/c1-4-6-20(15-31-17-27(18-31)13-19(3)30-16-27)11-25(21-7-8-21)24(5-2)22-9-10-26(28)23(12-22)14-29/h4,6,9-12,21H,5,7-8,13,15-18H2,1-3H3/b6-4+,20-11+,25-24-. The molecule has 2 aliphatic heterocycles. The summed E-state index contributed by atoms with van der Waals surface area (Å²) in [4.78, 5) is 7.16. The lowest BCUT2D eigenvalue weighted by Crippen LogP contribution is -2.57. The van der Waals surface area contributed by atoms with Crippen molar-refractivity contribution < 1.29 is 4.39 Å². The van der Waals surface area contributed by atoms with Crippen molar-refractivity contribution in [2.45, 2.75) is 46.5 Å². The fourth-order valence-electron chi connectivity index (χ4n) is 5.22. The molecule has 1 spiro atoms. The van der Waals surface area contributed by atoms with E-state index in [-0.39, 0.29) is 5.56 Å². The molecule has 4 heteroatoms. The SMILES string of the molecule is C/C=C/C(=C\C(=C(/CC)c1ccc(F)c(C#N)c1)C1CC1)CN1CC2(CN=C(C)C2)C1. The van der Waals surface area contributed by atoms with Crippen molar-refractivity contribution in [1.82, 2.24) is 4.90 Å². The Hall–Kier alpha value is -2.51. The second-order valence-corrected chi connectivity index (χ2v) is 9.46. The fraction of sp³-hybridized carbons (Fsp3) is 0.481. The minimum atomic E-state index is -0.447. The van der Waals surface area contributed by atoms with Gasteiger partial charge in [-0.05, 0) is 79.9 Å². The number of likely N-dealkylation sites (tertiary alicyclic amines) is 1. The number of aliphatic imine (C=N–C) groups is 1. The monoisotopic (exact) mass is 417 g/mol. The molecule has 2 fully saturated rings. The summed E-state index contributed by atoms with van der Waals surface area (Å²) in [5.41, 5.74) is 6.70. The first-order chi connectivity index (χ1) is 15.0. The van der Waals surface area contributed by atoms with Gasteiger partial charge in [-0.15, -0.1) is 0 Å². The van der Waals surface area contributed by atoms with E-state index in [1.165, 1.54) is 41.3 Å². The number of nitrogens with zero attached hydrogens (tertiary/aromatic N) is 3. The van der Waals surface area contributed by atoms with E-state index in [1.54, 1.807) is 6.07 Å². The summed E-state index contributed by atoms with van der Waals surface area (Å²) in [6.45, 7) is 10.5. The maximum Gasteiger partial charge on any atom is 0.140 e. The summed E-state index contributed by atoms with van der Waals surface area (Å²) in [5, 5.41) is 9.27. The summed E-state index contributed by atoms with van der Waals surface area (Å²) >= 11 is 0. The molecule has 1 saturated carbocycles. The summed E-state index contributed by atoms with van der Waals surface area (Å²) < 4.78 is 13.9. The quantitative estimate of drug-likeness (QED) is 0.515. The summed E-state index contributed by atoms with van der Waals surface area (Å²) in [5.74, 6) is 0.122. The minimum Gasteiger partial charge on any atom is -0.298 e. The van der Waals surface area contributed by atoms with Crippen molar-refractivity contribution >= 4 is 11.3 Å². The zero-order valence-electron chi connectivity index (χ0n) is 18.9. The largest absolute Gasteiger partial charge is 0.298 e. The van der Waals surface area contributed by atoms with Crippen molar-refractivity contribution in [3.8, 4) is 6.07 Å². The summed E-state index contributed by atoms with van der Waals surface area (Å²) in [6.07, 6.45) is 11.1.